The maximum atomic E-state index is 13.2. The van der Waals surface area contributed by atoms with Crippen LogP contribution in [0.3, 0.4) is 0 Å². The molecule has 9 heteroatoms. The second-order valence-corrected chi connectivity index (χ2v) is 7.23. The molecule has 0 saturated carbocycles. The Morgan fingerprint density at radius 1 is 1.00 bits per heavy atom. The van der Waals surface area contributed by atoms with E-state index in [0.29, 0.717) is 58.4 Å². The number of morpholine rings is 2. The lowest BCUT2D eigenvalue weighted by atomic mass is 10.3. The van der Waals surface area contributed by atoms with Gasteiger partial charge in [-0.2, -0.15) is 0 Å². The zero-order valence-corrected chi connectivity index (χ0v) is 15.3. The van der Waals surface area contributed by atoms with Gasteiger partial charge in [-0.1, -0.05) is 0 Å². The quantitative estimate of drug-likeness (QED) is 0.509. The van der Waals surface area contributed by atoms with Crippen LogP contribution in [0.4, 0.5) is 0 Å². The van der Waals surface area contributed by atoms with Crippen molar-refractivity contribution >= 4 is 7.60 Å². The summed E-state index contributed by atoms with van der Waals surface area (Å²) in [5.41, 5.74) is 0.0648. The van der Waals surface area contributed by atoms with Crippen molar-refractivity contribution < 1.29 is 23.1 Å². The Kier molecular flexibility index (Phi) is 7.53. The Morgan fingerprint density at radius 2 is 1.42 bits per heavy atom. The molecule has 2 aliphatic rings. The molecule has 0 aromatic carbocycles. The van der Waals surface area contributed by atoms with Crippen molar-refractivity contribution in [1.29, 1.82) is 0 Å². The molecule has 0 radical (unpaired) electrons. The Labute approximate surface area is 143 Å². The molecule has 24 heavy (non-hydrogen) atoms. The second kappa shape index (κ2) is 9.40. The van der Waals surface area contributed by atoms with E-state index in [1.54, 1.807) is 13.8 Å². The smallest absolute Gasteiger partial charge is 0.367 e. The van der Waals surface area contributed by atoms with E-state index in [9.17, 15) is 4.57 Å². The van der Waals surface area contributed by atoms with Gasteiger partial charge < -0.3 is 28.3 Å². The van der Waals surface area contributed by atoms with Crippen molar-refractivity contribution in [3.05, 3.63) is 22.7 Å². The molecule has 0 aromatic heterocycles. The molecule has 0 atom stereocenters. The van der Waals surface area contributed by atoms with E-state index in [0.717, 1.165) is 0 Å². The van der Waals surface area contributed by atoms with Gasteiger partial charge in [0, 0.05) is 26.2 Å². The fraction of sp³-hybridized carbons (Fsp3) is 0.800. The van der Waals surface area contributed by atoms with E-state index in [-0.39, 0.29) is 18.7 Å². The van der Waals surface area contributed by atoms with Crippen molar-refractivity contribution in [3.8, 4) is 0 Å². The van der Waals surface area contributed by atoms with Crippen molar-refractivity contribution in [2.24, 2.45) is 0 Å². The lowest BCUT2D eigenvalue weighted by molar-refractivity contribution is 0.00797. The van der Waals surface area contributed by atoms with Gasteiger partial charge in [0.15, 0.2) is 0 Å². The largest absolute Gasteiger partial charge is 0.378 e. The monoisotopic (exact) mass is 359 g/mol. The van der Waals surface area contributed by atoms with E-state index in [1.165, 1.54) is 0 Å². The summed E-state index contributed by atoms with van der Waals surface area (Å²) in [4.78, 5) is 7.70. The second-order valence-electron chi connectivity index (χ2n) is 5.29. The Hall–Kier alpha value is -1.10. The third-order valence-electron chi connectivity index (χ3n) is 3.78. The topological polar surface area (TPSA) is 64.8 Å². The molecule has 2 heterocycles. The van der Waals surface area contributed by atoms with Gasteiger partial charge in [-0.15, -0.1) is 0 Å². The summed E-state index contributed by atoms with van der Waals surface area (Å²) in [6.07, 6.45) is 0. The van der Waals surface area contributed by atoms with Crippen molar-refractivity contribution in [3.63, 3.8) is 0 Å². The third-order valence-corrected chi connectivity index (χ3v) is 5.80. The van der Waals surface area contributed by atoms with Gasteiger partial charge in [0.2, 0.25) is 0 Å². The van der Waals surface area contributed by atoms with Crippen LogP contribution in [-0.4, -0.2) is 75.6 Å². The van der Waals surface area contributed by atoms with Gasteiger partial charge in [-0.3, -0.25) is 4.57 Å². The fourth-order valence-corrected chi connectivity index (χ4v) is 4.42. The first-order valence-electron chi connectivity index (χ1n) is 8.33. The third kappa shape index (κ3) is 4.50. The molecule has 0 aromatic rings. The summed E-state index contributed by atoms with van der Waals surface area (Å²) in [6.45, 7) is 16.5. The van der Waals surface area contributed by atoms with Crippen molar-refractivity contribution in [2.75, 3.05) is 65.8 Å². The fourth-order valence-electron chi connectivity index (χ4n) is 2.77. The Bertz CT molecular complexity index is 492. The summed E-state index contributed by atoms with van der Waals surface area (Å²) >= 11 is 0. The van der Waals surface area contributed by atoms with Gasteiger partial charge in [0.05, 0.1) is 46.2 Å². The van der Waals surface area contributed by atoms with Gasteiger partial charge in [-0.05, 0) is 13.8 Å². The van der Waals surface area contributed by atoms with Gasteiger partial charge in [-0.25, -0.2) is 4.85 Å². The molecule has 136 valence electrons. The molecule has 0 spiro atoms. The first-order chi connectivity index (χ1) is 11.7. The SMILES string of the molecule is [C-]#[N+]C(=C(N1CCOCC1)N1CCOCC1)P(=O)(OCC)OCC. The Balaban J connectivity index is 2.47. The van der Waals surface area contributed by atoms with Crippen LogP contribution < -0.4 is 0 Å². The van der Waals surface area contributed by atoms with E-state index in [4.69, 9.17) is 25.1 Å². The van der Waals surface area contributed by atoms with Gasteiger partial charge in [0.1, 0.15) is 5.82 Å². The van der Waals surface area contributed by atoms with Crippen LogP contribution in [-0.2, 0) is 23.1 Å². The zero-order chi connectivity index (χ0) is 17.4. The summed E-state index contributed by atoms with van der Waals surface area (Å²) in [7, 11) is -3.66. The van der Waals surface area contributed by atoms with Crippen LogP contribution in [0.15, 0.2) is 11.3 Å². The number of ether oxygens (including phenoxy) is 2. The maximum absolute atomic E-state index is 13.2. The molecule has 0 aliphatic carbocycles. The summed E-state index contributed by atoms with van der Waals surface area (Å²) in [6, 6.07) is 0. The minimum atomic E-state index is -3.66. The molecule has 2 fully saturated rings. The van der Waals surface area contributed by atoms with E-state index in [2.05, 4.69) is 4.85 Å². The molecule has 0 N–H and O–H groups in total. The molecular formula is C15H26N3O5P. The Morgan fingerprint density at radius 3 is 1.75 bits per heavy atom. The number of nitrogens with zero attached hydrogens (tertiary/aromatic N) is 3. The van der Waals surface area contributed by atoms with E-state index >= 15 is 0 Å². The molecule has 0 unspecified atom stereocenters. The number of hydrogen-bond acceptors (Lipinski definition) is 7. The molecule has 0 bridgehead atoms. The van der Waals surface area contributed by atoms with Crippen LogP contribution >= 0.6 is 7.60 Å². The molecule has 0 amide bonds. The van der Waals surface area contributed by atoms with Crippen molar-refractivity contribution in [2.45, 2.75) is 13.8 Å². The summed E-state index contributed by atoms with van der Waals surface area (Å²) in [5, 5.41) is 0. The van der Waals surface area contributed by atoms with Gasteiger partial charge in [0.25, 0.3) is 0 Å². The van der Waals surface area contributed by atoms with E-state index in [1.807, 2.05) is 9.80 Å². The lowest BCUT2D eigenvalue weighted by Crippen LogP contribution is -2.46. The standard InChI is InChI=1S/C15H26N3O5P/c1-4-22-24(19,23-5-2)14(16-3)15(17-6-10-20-11-7-17)18-8-12-21-13-9-18/h4-13H2,1-2H3. The predicted molar refractivity (Wildman–Crippen MR) is 89.3 cm³/mol. The van der Waals surface area contributed by atoms with Crippen LogP contribution in [0, 0.1) is 6.57 Å². The molecule has 8 nitrogen and oxygen atoms in total. The maximum Gasteiger partial charge on any atom is 0.367 e. The van der Waals surface area contributed by atoms with Gasteiger partial charge >= 0.3 is 13.0 Å². The van der Waals surface area contributed by atoms with Crippen molar-refractivity contribution in [1.82, 2.24) is 9.80 Å². The van der Waals surface area contributed by atoms with Crippen LogP contribution in [0.2, 0.25) is 0 Å². The normalized spacial score (nSPS) is 19.0. The summed E-state index contributed by atoms with van der Waals surface area (Å²) < 4.78 is 34.9. The number of rotatable bonds is 7. The first kappa shape index (κ1) is 19.2. The van der Waals surface area contributed by atoms with Crippen LogP contribution in [0.1, 0.15) is 13.8 Å². The predicted octanol–water partition coefficient (Wildman–Crippen LogP) is 1.96. The number of hydrogen-bond donors (Lipinski definition) is 0. The summed E-state index contributed by atoms with van der Waals surface area (Å²) in [5.74, 6) is 0.641. The minimum absolute atomic E-state index is 0.0648. The lowest BCUT2D eigenvalue weighted by Gasteiger charge is -2.41. The highest BCUT2D eigenvalue weighted by Crippen LogP contribution is 2.58. The minimum Gasteiger partial charge on any atom is -0.378 e. The molecule has 2 saturated heterocycles. The first-order valence-corrected chi connectivity index (χ1v) is 9.87. The average molecular weight is 359 g/mol. The van der Waals surface area contributed by atoms with Crippen LogP contribution in [0.5, 0.6) is 0 Å². The highest BCUT2D eigenvalue weighted by molar-refractivity contribution is 7.58. The average Bonchev–Trinajstić information content (AvgIpc) is 2.61. The van der Waals surface area contributed by atoms with E-state index < -0.39 is 7.60 Å². The molecule has 2 aliphatic heterocycles. The zero-order valence-electron chi connectivity index (χ0n) is 14.4. The molecule has 2 rings (SSSR count). The highest BCUT2D eigenvalue weighted by Gasteiger charge is 2.38. The molecular weight excluding hydrogens is 333 g/mol. The van der Waals surface area contributed by atoms with Crippen LogP contribution in [0.25, 0.3) is 4.85 Å². The highest BCUT2D eigenvalue weighted by atomic mass is 31.2.